The lowest BCUT2D eigenvalue weighted by Crippen LogP contribution is -2.45. The molecule has 0 radical (unpaired) electrons. The van der Waals surface area contributed by atoms with Crippen molar-refractivity contribution in [1.29, 1.82) is 0 Å². The zero-order valence-electron chi connectivity index (χ0n) is 9.97. The zero-order chi connectivity index (χ0) is 12.5. The number of anilines is 1. The molecule has 0 aliphatic carbocycles. The first-order chi connectivity index (χ1) is 8.70. The number of pyridine rings is 1. The topological polar surface area (TPSA) is 83.2 Å². The Morgan fingerprint density at radius 2 is 2.21 bits per heavy atom. The molecule has 3 N–H and O–H groups in total. The van der Waals surface area contributed by atoms with Gasteiger partial charge in [-0.1, -0.05) is 11.6 Å². The van der Waals surface area contributed by atoms with E-state index in [9.17, 15) is 5.11 Å². The Morgan fingerprint density at radius 3 is 3.00 bits per heavy atom. The van der Waals surface area contributed by atoms with Crippen molar-refractivity contribution in [2.75, 3.05) is 18.4 Å². The summed E-state index contributed by atoms with van der Waals surface area (Å²) in [6.45, 7) is 1.40. The molecule has 1 unspecified atom stereocenters. The molecule has 0 aromatic carbocycles. The molecule has 6 nitrogen and oxygen atoms in total. The molecule has 1 fully saturated rings. The highest BCUT2D eigenvalue weighted by atomic mass is 35.5. The van der Waals surface area contributed by atoms with E-state index in [1.54, 1.807) is 12.1 Å². The number of hydrogen-bond acceptors (Lipinski definition) is 6. The molecule has 1 aliphatic rings. The van der Waals surface area contributed by atoms with Crippen molar-refractivity contribution in [1.82, 2.24) is 15.3 Å². The highest BCUT2D eigenvalue weighted by Crippen LogP contribution is 2.20. The van der Waals surface area contributed by atoms with Gasteiger partial charge in [0.2, 0.25) is 5.65 Å². The number of rotatable bonds is 2. The number of piperidine rings is 1. The van der Waals surface area contributed by atoms with Gasteiger partial charge in [0.1, 0.15) is 5.15 Å². The average molecular weight is 305 g/mol. The van der Waals surface area contributed by atoms with Crippen molar-refractivity contribution < 1.29 is 9.52 Å². The number of fused-ring (bicyclic) bond motifs is 1. The average Bonchev–Trinajstić information content (AvgIpc) is 2.70. The second kappa shape index (κ2) is 5.92. The Bertz CT molecular complexity index is 563. The predicted molar refractivity (Wildman–Crippen MR) is 75.0 cm³/mol. The second-order valence-electron chi connectivity index (χ2n) is 4.36. The summed E-state index contributed by atoms with van der Waals surface area (Å²) in [5.41, 5.74) is 1.07. The van der Waals surface area contributed by atoms with E-state index in [1.165, 1.54) is 0 Å². The van der Waals surface area contributed by atoms with Crippen LogP contribution in [0.3, 0.4) is 0 Å². The number of nitrogens with zero attached hydrogens (tertiary/aromatic N) is 2. The van der Waals surface area contributed by atoms with Crippen LogP contribution in [0, 0.1) is 0 Å². The third-order valence-electron chi connectivity index (χ3n) is 2.87. The summed E-state index contributed by atoms with van der Waals surface area (Å²) in [5.74, 6) is 0. The molecule has 3 heterocycles. The van der Waals surface area contributed by atoms with Crippen LogP contribution in [0.1, 0.15) is 6.42 Å². The maximum absolute atomic E-state index is 9.55. The largest absolute Gasteiger partial charge is 0.422 e. The van der Waals surface area contributed by atoms with Crippen LogP contribution in [0.5, 0.6) is 0 Å². The van der Waals surface area contributed by atoms with Crippen molar-refractivity contribution in [3.8, 4) is 0 Å². The van der Waals surface area contributed by atoms with Gasteiger partial charge >= 0.3 is 0 Å². The predicted octanol–water partition coefficient (Wildman–Crippen LogP) is 1.43. The highest BCUT2D eigenvalue weighted by Gasteiger charge is 2.21. The molecular weight excluding hydrogens is 291 g/mol. The van der Waals surface area contributed by atoms with Gasteiger partial charge in [0.05, 0.1) is 6.10 Å². The molecule has 19 heavy (non-hydrogen) atoms. The fourth-order valence-corrected chi connectivity index (χ4v) is 2.20. The van der Waals surface area contributed by atoms with E-state index < -0.39 is 0 Å². The van der Waals surface area contributed by atoms with Crippen molar-refractivity contribution in [2.45, 2.75) is 18.6 Å². The lowest BCUT2D eigenvalue weighted by molar-refractivity contribution is 0.136. The summed E-state index contributed by atoms with van der Waals surface area (Å²) < 4.78 is 5.51. The lowest BCUT2D eigenvalue weighted by atomic mass is 10.1. The zero-order valence-corrected chi connectivity index (χ0v) is 11.5. The molecule has 0 bridgehead atoms. The van der Waals surface area contributed by atoms with Gasteiger partial charge in [-0.2, -0.15) is 4.98 Å². The molecule has 0 saturated carbocycles. The molecule has 1 saturated heterocycles. The van der Waals surface area contributed by atoms with Gasteiger partial charge in [-0.3, -0.25) is 0 Å². The molecule has 2 aromatic rings. The van der Waals surface area contributed by atoms with Gasteiger partial charge in [-0.15, -0.1) is 12.4 Å². The summed E-state index contributed by atoms with van der Waals surface area (Å²) >= 11 is 5.78. The van der Waals surface area contributed by atoms with E-state index in [2.05, 4.69) is 20.6 Å². The number of aliphatic hydroxyl groups excluding tert-OH is 1. The molecule has 2 aromatic heterocycles. The van der Waals surface area contributed by atoms with E-state index in [0.717, 1.165) is 6.54 Å². The Kier molecular flexibility index (Phi) is 4.46. The van der Waals surface area contributed by atoms with Crippen molar-refractivity contribution in [3.63, 3.8) is 0 Å². The molecule has 0 spiro atoms. The Balaban J connectivity index is 0.00000133. The van der Waals surface area contributed by atoms with E-state index in [0.29, 0.717) is 35.4 Å². The van der Waals surface area contributed by atoms with Crippen molar-refractivity contribution in [2.24, 2.45) is 0 Å². The minimum Gasteiger partial charge on any atom is -0.422 e. The number of halogens is 2. The third kappa shape index (κ3) is 3.27. The van der Waals surface area contributed by atoms with Gasteiger partial charge in [0, 0.05) is 19.1 Å². The fourth-order valence-electron chi connectivity index (χ4n) is 2.06. The number of hydrogen-bond donors (Lipinski definition) is 3. The molecular formula is C11H14Cl2N4O2. The first kappa shape index (κ1) is 14.3. The normalized spacial score (nSPS) is 23.1. The first-order valence-electron chi connectivity index (χ1n) is 5.79. The number of β-amino-alcohol motifs (C(OH)–C–C–N with tert-alkyl or cyclic N) is 1. The number of aromatic nitrogens is 2. The maximum Gasteiger partial charge on any atom is 0.297 e. The van der Waals surface area contributed by atoms with Gasteiger partial charge < -0.3 is 20.2 Å². The Morgan fingerprint density at radius 1 is 1.37 bits per heavy atom. The molecule has 1 aliphatic heterocycles. The Hall–Kier alpha value is -1.08. The summed E-state index contributed by atoms with van der Waals surface area (Å²) in [7, 11) is 0. The summed E-state index contributed by atoms with van der Waals surface area (Å²) in [6, 6.07) is 3.89. The van der Waals surface area contributed by atoms with Crippen LogP contribution in [-0.4, -0.2) is 40.3 Å². The SMILES string of the molecule is Cl.O[C@H]1CNCC(Nc2nc3nc(Cl)ccc3o2)C1. The minimum atomic E-state index is -0.340. The first-order valence-corrected chi connectivity index (χ1v) is 6.17. The smallest absolute Gasteiger partial charge is 0.297 e. The quantitative estimate of drug-likeness (QED) is 0.728. The van der Waals surface area contributed by atoms with E-state index in [4.69, 9.17) is 16.0 Å². The van der Waals surface area contributed by atoms with Crippen LogP contribution in [-0.2, 0) is 0 Å². The molecule has 104 valence electrons. The van der Waals surface area contributed by atoms with Gasteiger partial charge in [-0.05, 0) is 18.6 Å². The van der Waals surface area contributed by atoms with Crippen LogP contribution in [0.25, 0.3) is 11.2 Å². The molecule has 8 heteroatoms. The molecule has 2 atom stereocenters. The molecule has 3 rings (SSSR count). The van der Waals surface area contributed by atoms with Gasteiger partial charge in [-0.25, -0.2) is 4.98 Å². The second-order valence-corrected chi connectivity index (χ2v) is 4.75. The number of nitrogens with one attached hydrogen (secondary N) is 2. The van der Waals surface area contributed by atoms with Crippen LogP contribution in [0.15, 0.2) is 16.5 Å². The number of oxazole rings is 1. The fraction of sp³-hybridized carbons (Fsp3) is 0.455. The van der Waals surface area contributed by atoms with Crippen LogP contribution in [0.4, 0.5) is 6.01 Å². The monoisotopic (exact) mass is 304 g/mol. The van der Waals surface area contributed by atoms with Gasteiger partial charge in [0.15, 0.2) is 5.58 Å². The minimum absolute atomic E-state index is 0. The van der Waals surface area contributed by atoms with Crippen LogP contribution >= 0.6 is 24.0 Å². The highest BCUT2D eigenvalue weighted by molar-refractivity contribution is 6.29. The lowest BCUT2D eigenvalue weighted by Gasteiger charge is -2.26. The standard InChI is InChI=1S/C11H13ClN4O2.ClH/c12-9-2-1-8-10(15-9)16-11(18-8)14-6-3-7(17)5-13-4-6;/h1-2,6-7,13,17H,3-5H2,(H,14,15,16);1H/t6?,7-;/m1./s1. The Labute approximate surface area is 121 Å². The van der Waals surface area contributed by atoms with E-state index >= 15 is 0 Å². The summed E-state index contributed by atoms with van der Waals surface area (Å²) in [5, 5.41) is 16.2. The van der Waals surface area contributed by atoms with Crippen molar-refractivity contribution >= 4 is 41.3 Å². The van der Waals surface area contributed by atoms with E-state index in [1.807, 2.05) is 0 Å². The third-order valence-corrected chi connectivity index (χ3v) is 3.08. The van der Waals surface area contributed by atoms with Crippen LogP contribution < -0.4 is 10.6 Å². The summed E-state index contributed by atoms with van der Waals surface area (Å²) in [6.07, 6.45) is 0.327. The number of aliphatic hydroxyl groups is 1. The van der Waals surface area contributed by atoms with Crippen LogP contribution in [0.2, 0.25) is 5.15 Å². The maximum atomic E-state index is 9.55. The molecule has 0 amide bonds. The van der Waals surface area contributed by atoms with Crippen molar-refractivity contribution in [3.05, 3.63) is 17.3 Å². The summed E-state index contributed by atoms with van der Waals surface area (Å²) in [4.78, 5) is 8.27. The van der Waals surface area contributed by atoms with Gasteiger partial charge in [0.25, 0.3) is 6.01 Å². The van der Waals surface area contributed by atoms with E-state index in [-0.39, 0.29) is 24.6 Å².